The highest BCUT2D eigenvalue weighted by Crippen LogP contribution is 2.40. The van der Waals surface area contributed by atoms with Crippen LogP contribution in [0.3, 0.4) is 0 Å². The van der Waals surface area contributed by atoms with Gasteiger partial charge in [0, 0.05) is 21.5 Å². The molecule has 2 heterocycles. The maximum atomic E-state index is 9.95. The smallest absolute Gasteiger partial charge is 0.206 e. The highest BCUT2D eigenvalue weighted by molar-refractivity contribution is 6.11. The molecule has 0 amide bonds. The Morgan fingerprint density at radius 3 is 1.28 bits per heavy atom. The lowest BCUT2D eigenvalue weighted by molar-refractivity contribution is 1.09. The summed E-state index contributed by atoms with van der Waals surface area (Å²) in [6.07, 6.45) is 0. The standard InChI is InChI=1S/C32H18N4/c1-34-26-19-32(36-29-16-8-4-12-24(29)25-13-5-9-17-30(25)36)31(18-21(26)20-33)35-27-14-6-2-10-22(27)23-11-3-7-15-28(23)35/h2-19H. The molecule has 0 saturated heterocycles. The van der Waals surface area contributed by atoms with Gasteiger partial charge in [-0.2, -0.15) is 5.26 Å². The van der Waals surface area contributed by atoms with Crippen LogP contribution in [0.2, 0.25) is 0 Å². The topological polar surface area (TPSA) is 38.0 Å². The number of nitrogens with zero attached hydrogens (tertiary/aromatic N) is 4. The fraction of sp³-hybridized carbons (Fsp3) is 0. The van der Waals surface area contributed by atoms with E-state index in [9.17, 15) is 5.26 Å². The molecule has 7 rings (SSSR count). The molecule has 2 aromatic heterocycles. The van der Waals surface area contributed by atoms with Crippen molar-refractivity contribution in [3.8, 4) is 17.4 Å². The first kappa shape index (κ1) is 20.1. The molecule has 0 atom stereocenters. The van der Waals surface area contributed by atoms with Crippen molar-refractivity contribution in [1.29, 1.82) is 5.26 Å². The summed E-state index contributed by atoms with van der Waals surface area (Å²) in [5.41, 5.74) is 6.67. The Bertz CT molecular complexity index is 1820. The number of rotatable bonds is 2. The number of aromatic nitrogens is 2. The first-order valence-corrected chi connectivity index (χ1v) is 11.7. The van der Waals surface area contributed by atoms with E-state index in [1.807, 2.05) is 36.4 Å². The molecule has 0 spiro atoms. The summed E-state index contributed by atoms with van der Waals surface area (Å²) in [5.74, 6) is 0. The van der Waals surface area contributed by atoms with Crippen LogP contribution in [0.15, 0.2) is 109 Å². The van der Waals surface area contributed by atoms with Crippen molar-refractivity contribution in [3.05, 3.63) is 126 Å². The molecule has 0 aliphatic rings. The quantitative estimate of drug-likeness (QED) is 0.240. The molecule has 5 aromatic carbocycles. The van der Waals surface area contributed by atoms with E-state index in [-0.39, 0.29) is 0 Å². The molecule has 7 aromatic rings. The van der Waals surface area contributed by atoms with Gasteiger partial charge in [-0.15, -0.1) is 0 Å². The van der Waals surface area contributed by atoms with Gasteiger partial charge in [-0.25, -0.2) is 4.85 Å². The maximum absolute atomic E-state index is 9.95. The zero-order chi connectivity index (χ0) is 24.2. The third-order valence-electron chi connectivity index (χ3n) is 6.98. The van der Waals surface area contributed by atoms with Gasteiger partial charge in [0.05, 0.1) is 51.6 Å². The van der Waals surface area contributed by atoms with Crippen molar-refractivity contribution in [3.63, 3.8) is 0 Å². The number of hydrogen-bond donors (Lipinski definition) is 0. The third kappa shape index (κ3) is 2.67. The van der Waals surface area contributed by atoms with Crippen molar-refractivity contribution < 1.29 is 0 Å². The van der Waals surface area contributed by atoms with Crippen LogP contribution in [0.5, 0.6) is 0 Å². The van der Waals surface area contributed by atoms with Gasteiger partial charge in [0.25, 0.3) is 0 Å². The maximum Gasteiger partial charge on any atom is 0.206 e. The van der Waals surface area contributed by atoms with E-state index in [0.29, 0.717) is 11.3 Å². The van der Waals surface area contributed by atoms with E-state index >= 15 is 0 Å². The first-order chi connectivity index (χ1) is 17.8. The minimum Gasteiger partial charge on any atom is -0.308 e. The molecule has 4 heteroatoms. The Hall–Kier alpha value is -5.32. The molecule has 36 heavy (non-hydrogen) atoms. The summed E-state index contributed by atoms with van der Waals surface area (Å²) in [5, 5.41) is 14.5. The monoisotopic (exact) mass is 458 g/mol. The van der Waals surface area contributed by atoms with Gasteiger partial charge in [0.2, 0.25) is 5.69 Å². The molecule has 0 fully saturated rings. The average molecular weight is 459 g/mol. The lowest BCUT2D eigenvalue weighted by Crippen LogP contribution is -2.04. The summed E-state index contributed by atoms with van der Waals surface area (Å²) in [6, 6.07) is 39.3. The minimum atomic E-state index is 0.346. The van der Waals surface area contributed by atoms with Crippen molar-refractivity contribution in [2.24, 2.45) is 0 Å². The summed E-state index contributed by atoms with van der Waals surface area (Å²) < 4.78 is 4.44. The number of hydrogen-bond acceptors (Lipinski definition) is 1. The normalized spacial score (nSPS) is 11.3. The van der Waals surface area contributed by atoms with Crippen LogP contribution < -0.4 is 0 Å². The van der Waals surface area contributed by atoms with E-state index in [1.165, 1.54) is 0 Å². The number of para-hydroxylation sites is 4. The van der Waals surface area contributed by atoms with E-state index in [1.54, 1.807) is 0 Å². The zero-order valence-corrected chi connectivity index (χ0v) is 19.2. The van der Waals surface area contributed by atoms with E-state index in [4.69, 9.17) is 6.57 Å². The SMILES string of the molecule is [C-]#[N+]c1cc(-n2c3ccccc3c3ccccc32)c(-n2c3ccccc3c3ccccc32)cc1C#N. The fourth-order valence-electron chi connectivity index (χ4n) is 5.47. The van der Waals surface area contributed by atoms with Crippen LogP contribution in [-0.4, -0.2) is 9.13 Å². The second kappa shape index (κ2) is 7.60. The largest absolute Gasteiger partial charge is 0.308 e. The Morgan fingerprint density at radius 2 is 0.917 bits per heavy atom. The molecule has 0 bridgehead atoms. The molecule has 0 aliphatic heterocycles. The highest BCUT2D eigenvalue weighted by Gasteiger charge is 2.21. The van der Waals surface area contributed by atoms with Gasteiger partial charge in [-0.3, -0.25) is 0 Å². The molecular weight excluding hydrogens is 440 g/mol. The van der Waals surface area contributed by atoms with Gasteiger partial charge in [-0.05, 0) is 36.4 Å². The molecule has 4 nitrogen and oxygen atoms in total. The van der Waals surface area contributed by atoms with Crippen molar-refractivity contribution in [1.82, 2.24) is 9.13 Å². The van der Waals surface area contributed by atoms with Crippen LogP contribution in [0.25, 0.3) is 59.8 Å². The van der Waals surface area contributed by atoms with Crippen molar-refractivity contribution in [2.75, 3.05) is 0 Å². The Morgan fingerprint density at radius 1 is 0.556 bits per heavy atom. The summed E-state index contributed by atoms with van der Waals surface area (Å²) >= 11 is 0. The third-order valence-corrected chi connectivity index (χ3v) is 6.98. The van der Waals surface area contributed by atoms with Gasteiger partial charge >= 0.3 is 0 Å². The lowest BCUT2D eigenvalue weighted by Gasteiger charge is -2.18. The van der Waals surface area contributed by atoms with Crippen LogP contribution in [0, 0.1) is 17.9 Å². The van der Waals surface area contributed by atoms with Crippen molar-refractivity contribution >= 4 is 49.3 Å². The molecule has 166 valence electrons. The molecular formula is C32H18N4. The van der Waals surface area contributed by atoms with E-state index in [0.717, 1.165) is 55.0 Å². The lowest BCUT2D eigenvalue weighted by atomic mass is 10.1. The predicted octanol–water partition coefficient (Wildman–Crippen LogP) is 8.30. The van der Waals surface area contributed by atoms with E-state index < -0.39 is 0 Å². The second-order valence-electron chi connectivity index (χ2n) is 8.82. The van der Waals surface area contributed by atoms with Gasteiger partial charge < -0.3 is 9.13 Å². The second-order valence-corrected chi connectivity index (χ2v) is 8.82. The van der Waals surface area contributed by atoms with Gasteiger partial charge in [0.15, 0.2) is 0 Å². The van der Waals surface area contributed by atoms with E-state index in [2.05, 4.69) is 92.8 Å². The number of fused-ring (bicyclic) bond motifs is 6. The summed E-state index contributed by atoms with van der Waals surface area (Å²) in [4.78, 5) is 3.72. The Kier molecular flexibility index (Phi) is 4.24. The molecule has 0 aliphatic carbocycles. The van der Waals surface area contributed by atoms with Crippen LogP contribution >= 0.6 is 0 Å². The predicted molar refractivity (Wildman–Crippen MR) is 146 cm³/mol. The molecule has 0 unspecified atom stereocenters. The minimum absolute atomic E-state index is 0.346. The number of nitriles is 1. The molecule has 0 saturated carbocycles. The number of benzene rings is 5. The molecule has 0 radical (unpaired) electrons. The Balaban J connectivity index is 1.72. The van der Waals surface area contributed by atoms with Gasteiger partial charge in [-0.1, -0.05) is 72.8 Å². The summed E-state index contributed by atoms with van der Waals surface area (Å²) in [7, 11) is 0. The average Bonchev–Trinajstić information content (AvgIpc) is 3.45. The van der Waals surface area contributed by atoms with Crippen molar-refractivity contribution in [2.45, 2.75) is 0 Å². The van der Waals surface area contributed by atoms with Crippen LogP contribution in [0.1, 0.15) is 5.56 Å². The zero-order valence-electron chi connectivity index (χ0n) is 19.2. The van der Waals surface area contributed by atoms with Crippen LogP contribution in [-0.2, 0) is 0 Å². The first-order valence-electron chi connectivity index (χ1n) is 11.7. The summed E-state index contributed by atoms with van der Waals surface area (Å²) in [6.45, 7) is 7.80. The van der Waals surface area contributed by atoms with Gasteiger partial charge in [0.1, 0.15) is 0 Å². The Labute approximate surface area is 207 Å². The fourth-order valence-corrected chi connectivity index (χ4v) is 5.47. The van der Waals surface area contributed by atoms with Crippen LogP contribution in [0.4, 0.5) is 5.69 Å². The highest BCUT2D eigenvalue weighted by atomic mass is 15.1. The molecule has 0 N–H and O–H groups in total.